The summed E-state index contributed by atoms with van der Waals surface area (Å²) in [4.78, 5) is 11.0. The molecule has 0 saturated carbocycles. The molecule has 1 rings (SSSR count). The molecular weight excluding hydrogens is 224 g/mol. The Morgan fingerprint density at radius 1 is 1.44 bits per heavy atom. The summed E-state index contributed by atoms with van der Waals surface area (Å²) in [5, 5.41) is 9.86. The largest absolute Gasteiger partial charge is 0.507 e. The van der Waals surface area contributed by atoms with Crippen LogP contribution in [0.4, 0.5) is 0 Å². The minimum absolute atomic E-state index is 0.0828. The van der Waals surface area contributed by atoms with E-state index in [1.165, 1.54) is 0 Å². The van der Waals surface area contributed by atoms with E-state index < -0.39 is 0 Å². The second kappa shape index (κ2) is 6.60. The summed E-state index contributed by atoms with van der Waals surface area (Å²) in [7, 11) is 0. The average molecular weight is 242 g/mol. The van der Waals surface area contributed by atoms with Crippen LogP contribution in [0.1, 0.15) is 35.3 Å². The van der Waals surface area contributed by atoms with Crippen LogP contribution >= 0.6 is 0 Å². The van der Waals surface area contributed by atoms with E-state index in [0.717, 1.165) is 16.7 Å². The Balaban J connectivity index is 3.36. The van der Waals surface area contributed by atoms with Gasteiger partial charge in [0.1, 0.15) is 5.75 Å². The van der Waals surface area contributed by atoms with Gasteiger partial charge in [-0.05, 0) is 42.2 Å². The maximum Gasteiger partial charge on any atom is 0.153 e. The van der Waals surface area contributed by atoms with Gasteiger partial charge in [0.25, 0.3) is 0 Å². The van der Waals surface area contributed by atoms with E-state index in [4.69, 9.17) is 0 Å². The Hall–Kier alpha value is -2.09. The minimum atomic E-state index is 0.0828. The predicted octanol–water partition coefficient (Wildman–Crippen LogP) is 3.91. The summed E-state index contributed by atoms with van der Waals surface area (Å²) < 4.78 is 0. The number of phenolic OH excluding ortho intramolecular Hbond substituents is 1. The molecule has 1 N–H and O–H groups in total. The normalized spacial score (nSPS) is 11.8. The molecule has 0 amide bonds. The van der Waals surface area contributed by atoms with Crippen LogP contribution in [0, 0.1) is 0 Å². The maximum absolute atomic E-state index is 11.0. The highest BCUT2D eigenvalue weighted by Crippen LogP contribution is 2.28. The number of hydrogen-bond donors (Lipinski definition) is 1. The van der Waals surface area contributed by atoms with E-state index in [2.05, 4.69) is 6.58 Å². The standard InChI is InChI=1S/C16H18O2/c1-4-7-8-12(5-2)14-9-13(6-3)16(18)15(10-14)11-17/h4-5,7-11,18H,1,6H2,2-3H3/b8-7-,12-5+. The van der Waals surface area contributed by atoms with Gasteiger partial charge < -0.3 is 5.11 Å². The van der Waals surface area contributed by atoms with Crippen molar-refractivity contribution in [3.8, 4) is 5.75 Å². The first-order valence-corrected chi connectivity index (χ1v) is 5.94. The van der Waals surface area contributed by atoms with Crippen LogP contribution in [-0.2, 0) is 6.42 Å². The molecular formula is C16H18O2. The van der Waals surface area contributed by atoms with E-state index in [-0.39, 0.29) is 5.75 Å². The highest BCUT2D eigenvalue weighted by Gasteiger charge is 2.09. The topological polar surface area (TPSA) is 37.3 Å². The number of benzene rings is 1. The third-order valence-corrected chi connectivity index (χ3v) is 2.78. The number of aromatic hydroxyl groups is 1. The van der Waals surface area contributed by atoms with Gasteiger partial charge in [-0.2, -0.15) is 0 Å². The molecule has 0 unspecified atom stereocenters. The van der Waals surface area contributed by atoms with Crippen LogP contribution in [0.3, 0.4) is 0 Å². The lowest BCUT2D eigenvalue weighted by atomic mass is 9.97. The fraction of sp³-hybridized carbons (Fsp3) is 0.188. The third kappa shape index (κ3) is 2.98. The molecule has 0 saturated heterocycles. The molecule has 0 spiro atoms. The molecule has 1 aromatic carbocycles. The fourth-order valence-electron chi connectivity index (χ4n) is 1.78. The molecule has 94 valence electrons. The molecule has 0 aliphatic heterocycles. The molecule has 0 radical (unpaired) electrons. The van der Waals surface area contributed by atoms with Crippen LogP contribution < -0.4 is 0 Å². The van der Waals surface area contributed by atoms with Gasteiger partial charge in [0.15, 0.2) is 6.29 Å². The Morgan fingerprint density at radius 2 is 2.17 bits per heavy atom. The number of phenols is 1. The minimum Gasteiger partial charge on any atom is -0.507 e. The van der Waals surface area contributed by atoms with Gasteiger partial charge in [-0.3, -0.25) is 4.79 Å². The molecule has 0 aromatic heterocycles. The third-order valence-electron chi connectivity index (χ3n) is 2.78. The molecule has 0 aliphatic carbocycles. The van der Waals surface area contributed by atoms with Crippen molar-refractivity contribution < 1.29 is 9.90 Å². The molecule has 0 atom stereocenters. The van der Waals surface area contributed by atoms with E-state index in [9.17, 15) is 9.90 Å². The lowest BCUT2D eigenvalue weighted by Crippen LogP contribution is -1.93. The summed E-state index contributed by atoms with van der Waals surface area (Å²) in [5.74, 6) is 0.0828. The van der Waals surface area contributed by atoms with Crippen LogP contribution in [0.25, 0.3) is 5.57 Å². The molecule has 2 nitrogen and oxygen atoms in total. The van der Waals surface area contributed by atoms with Gasteiger partial charge >= 0.3 is 0 Å². The maximum atomic E-state index is 11.0. The molecule has 1 aromatic rings. The first kappa shape index (κ1) is 14.0. The number of carbonyl (C=O) groups is 1. The van der Waals surface area contributed by atoms with Crippen molar-refractivity contribution in [2.45, 2.75) is 20.3 Å². The first-order valence-electron chi connectivity index (χ1n) is 5.94. The van der Waals surface area contributed by atoms with Crippen molar-refractivity contribution in [1.29, 1.82) is 0 Å². The van der Waals surface area contributed by atoms with Gasteiger partial charge in [-0.15, -0.1) is 0 Å². The van der Waals surface area contributed by atoms with Crippen molar-refractivity contribution >= 4 is 11.9 Å². The van der Waals surface area contributed by atoms with E-state index in [1.807, 2.05) is 38.1 Å². The summed E-state index contributed by atoms with van der Waals surface area (Å²) in [6, 6.07) is 3.61. The van der Waals surface area contributed by atoms with E-state index in [1.54, 1.807) is 12.1 Å². The number of aldehydes is 1. The van der Waals surface area contributed by atoms with Gasteiger partial charge in [0.2, 0.25) is 0 Å². The van der Waals surface area contributed by atoms with Crippen LogP contribution in [-0.4, -0.2) is 11.4 Å². The number of carbonyl (C=O) groups excluding carboxylic acids is 1. The van der Waals surface area contributed by atoms with Crippen molar-refractivity contribution in [2.75, 3.05) is 0 Å². The van der Waals surface area contributed by atoms with Gasteiger partial charge in [0, 0.05) is 0 Å². The van der Waals surface area contributed by atoms with Crippen LogP contribution in [0.5, 0.6) is 5.75 Å². The zero-order chi connectivity index (χ0) is 13.5. The monoisotopic (exact) mass is 242 g/mol. The Kier molecular flexibility index (Phi) is 5.12. The average Bonchev–Trinajstić information content (AvgIpc) is 2.40. The Bertz CT molecular complexity index is 508. The smallest absolute Gasteiger partial charge is 0.153 e. The summed E-state index contributed by atoms with van der Waals surface area (Å²) >= 11 is 0. The van der Waals surface area contributed by atoms with Crippen molar-refractivity contribution in [3.63, 3.8) is 0 Å². The van der Waals surface area contributed by atoms with Crippen molar-refractivity contribution in [2.24, 2.45) is 0 Å². The molecule has 0 aliphatic rings. The summed E-state index contributed by atoms with van der Waals surface area (Å²) in [6.45, 7) is 7.51. The molecule has 18 heavy (non-hydrogen) atoms. The SMILES string of the molecule is C=C/C=C\C(=C/C)c1cc(C=O)c(O)c(CC)c1. The molecule has 0 bridgehead atoms. The van der Waals surface area contributed by atoms with E-state index in [0.29, 0.717) is 18.3 Å². The lowest BCUT2D eigenvalue weighted by Gasteiger charge is -2.09. The predicted molar refractivity (Wildman–Crippen MR) is 75.9 cm³/mol. The zero-order valence-corrected chi connectivity index (χ0v) is 10.8. The number of aryl methyl sites for hydroxylation is 1. The fourth-order valence-corrected chi connectivity index (χ4v) is 1.78. The molecule has 0 fully saturated rings. The lowest BCUT2D eigenvalue weighted by molar-refractivity contribution is 0.112. The highest BCUT2D eigenvalue weighted by molar-refractivity contribution is 5.85. The Morgan fingerprint density at radius 3 is 2.67 bits per heavy atom. The van der Waals surface area contributed by atoms with Gasteiger partial charge in [0.05, 0.1) is 5.56 Å². The number of allylic oxidation sites excluding steroid dienone is 5. The van der Waals surface area contributed by atoms with Gasteiger partial charge in [-0.25, -0.2) is 0 Å². The second-order valence-electron chi connectivity index (χ2n) is 3.88. The van der Waals surface area contributed by atoms with Crippen LogP contribution in [0.2, 0.25) is 0 Å². The quantitative estimate of drug-likeness (QED) is 0.627. The molecule has 0 heterocycles. The van der Waals surface area contributed by atoms with Crippen molar-refractivity contribution in [1.82, 2.24) is 0 Å². The van der Waals surface area contributed by atoms with Crippen LogP contribution in [0.15, 0.2) is 43.0 Å². The second-order valence-corrected chi connectivity index (χ2v) is 3.88. The van der Waals surface area contributed by atoms with Gasteiger partial charge in [-0.1, -0.05) is 37.8 Å². The zero-order valence-electron chi connectivity index (χ0n) is 10.8. The number of hydrogen-bond acceptors (Lipinski definition) is 2. The van der Waals surface area contributed by atoms with Crippen molar-refractivity contribution in [3.05, 3.63) is 59.7 Å². The first-order chi connectivity index (χ1) is 8.67. The highest BCUT2D eigenvalue weighted by atomic mass is 16.3. The van der Waals surface area contributed by atoms with E-state index >= 15 is 0 Å². The summed E-state index contributed by atoms with van der Waals surface area (Å²) in [5.41, 5.74) is 3.02. The molecule has 2 heteroatoms. The summed E-state index contributed by atoms with van der Waals surface area (Å²) in [6.07, 6.45) is 8.79. The number of rotatable bonds is 5. The Labute approximate surface area is 108 Å².